The van der Waals surface area contributed by atoms with Gasteiger partial charge in [0, 0.05) is 5.92 Å². The summed E-state index contributed by atoms with van der Waals surface area (Å²) in [6, 6.07) is 0. The van der Waals surface area contributed by atoms with Crippen molar-refractivity contribution in [3.8, 4) is 0 Å². The molecule has 3 rings (SSSR count). The number of rotatable bonds is 1. The van der Waals surface area contributed by atoms with Crippen LogP contribution in [-0.4, -0.2) is 19.0 Å². The van der Waals surface area contributed by atoms with E-state index in [2.05, 4.69) is 20.8 Å². The molecule has 2 heteroatoms. The molecule has 2 nitrogen and oxygen atoms in total. The first-order valence-corrected chi connectivity index (χ1v) is 5.90. The molecule has 0 aromatic carbocycles. The normalized spacial score (nSPS) is 55.7. The zero-order chi connectivity index (χ0) is 9.92. The molecule has 5 atom stereocenters. The van der Waals surface area contributed by atoms with Crippen molar-refractivity contribution in [1.82, 2.24) is 0 Å². The van der Waals surface area contributed by atoms with Gasteiger partial charge in [-0.15, -0.1) is 0 Å². The van der Waals surface area contributed by atoms with Crippen LogP contribution in [0.25, 0.3) is 0 Å². The predicted molar refractivity (Wildman–Crippen MR) is 53.7 cm³/mol. The van der Waals surface area contributed by atoms with Crippen LogP contribution in [0, 0.1) is 29.6 Å². The SMILES string of the molecule is CC(C)[C@H]1C2CO[C@@]3(C)OCC1C3C2. The predicted octanol–water partition coefficient (Wildman–Crippen LogP) is 2.29. The lowest BCUT2D eigenvalue weighted by molar-refractivity contribution is -0.245. The first kappa shape index (κ1) is 9.17. The minimum atomic E-state index is -0.231. The van der Waals surface area contributed by atoms with Gasteiger partial charge in [-0.05, 0) is 37.0 Å². The molecule has 0 spiro atoms. The zero-order valence-corrected chi connectivity index (χ0v) is 9.32. The number of fused-ring (bicyclic) bond motifs is 1. The van der Waals surface area contributed by atoms with E-state index in [0.29, 0.717) is 5.92 Å². The van der Waals surface area contributed by atoms with Crippen molar-refractivity contribution in [2.45, 2.75) is 33.0 Å². The molecule has 0 aromatic rings. The highest BCUT2D eigenvalue weighted by Crippen LogP contribution is 2.57. The molecule has 0 radical (unpaired) electrons. The fraction of sp³-hybridized carbons (Fsp3) is 1.00. The van der Waals surface area contributed by atoms with Crippen molar-refractivity contribution >= 4 is 0 Å². The van der Waals surface area contributed by atoms with Crippen molar-refractivity contribution in [2.75, 3.05) is 13.2 Å². The molecule has 2 aliphatic heterocycles. The standard InChI is InChI=1S/C12H20O2/c1-7(2)11-8-4-10-9(11)6-14-12(10,3)13-5-8/h7-11H,4-6H2,1-3H3/t8?,9?,10?,11-,12-/m0/s1. The van der Waals surface area contributed by atoms with Gasteiger partial charge in [0.15, 0.2) is 5.79 Å². The van der Waals surface area contributed by atoms with Crippen molar-refractivity contribution in [3.05, 3.63) is 0 Å². The number of hydrogen-bond donors (Lipinski definition) is 0. The second kappa shape index (κ2) is 2.73. The molecule has 2 heterocycles. The minimum absolute atomic E-state index is 0.231. The average molecular weight is 196 g/mol. The second-order valence-electron chi connectivity index (χ2n) is 5.73. The maximum Gasteiger partial charge on any atom is 0.168 e. The Balaban J connectivity index is 1.94. The monoisotopic (exact) mass is 196 g/mol. The highest BCUT2D eigenvalue weighted by atomic mass is 16.7. The average Bonchev–Trinajstić information content (AvgIpc) is 2.59. The Kier molecular flexibility index (Phi) is 1.79. The van der Waals surface area contributed by atoms with Gasteiger partial charge in [0.25, 0.3) is 0 Å². The van der Waals surface area contributed by atoms with E-state index < -0.39 is 0 Å². The van der Waals surface area contributed by atoms with E-state index in [9.17, 15) is 0 Å². The van der Waals surface area contributed by atoms with Gasteiger partial charge in [-0.25, -0.2) is 0 Å². The van der Waals surface area contributed by atoms with Gasteiger partial charge in [0.05, 0.1) is 13.2 Å². The summed E-state index contributed by atoms with van der Waals surface area (Å²) >= 11 is 0. The molecule has 1 saturated carbocycles. The third-order valence-corrected chi connectivity index (χ3v) is 4.70. The van der Waals surface area contributed by atoms with Gasteiger partial charge in [-0.3, -0.25) is 0 Å². The highest BCUT2D eigenvalue weighted by molar-refractivity contribution is 5.03. The lowest BCUT2D eigenvalue weighted by Gasteiger charge is -2.36. The van der Waals surface area contributed by atoms with Crippen LogP contribution in [0.5, 0.6) is 0 Å². The molecule has 3 fully saturated rings. The molecule has 0 N–H and O–H groups in total. The molecule has 2 saturated heterocycles. The van der Waals surface area contributed by atoms with Crippen LogP contribution in [0.4, 0.5) is 0 Å². The zero-order valence-electron chi connectivity index (χ0n) is 9.32. The van der Waals surface area contributed by atoms with E-state index in [-0.39, 0.29) is 5.79 Å². The maximum absolute atomic E-state index is 5.90. The Morgan fingerprint density at radius 2 is 1.93 bits per heavy atom. The minimum Gasteiger partial charge on any atom is -0.350 e. The van der Waals surface area contributed by atoms with E-state index in [1.54, 1.807) is 0 Å². The summed E-state index contributed by atoms with van der Waals surface area (Å²) in [6.07, 6.45) is 1.34. The van der Waals surface area contributed by atoms with Gasteiger partial charge in [0.2, 0.25) is 0 Å². The van der Waals surface area contributed by atoms with E-state index in [1.165, 1.54) is 6.42 Å². The van der Waals surface area contributed by atoms with E-state index in [4.69, 9.17) is 9.47 Å². The Labute approximate surface area is 86.0 Å². The van der Waals surface area contributed by atoms with Crippen molar-refractivity contribution in [2.24, 2.45) is 29.6 Å². The summed E-state index contributed by atoms with van der Waals surface area (Å²) in [5, 5.41) is 0. The van der Waals surface area contributed by atoms with Gasteiger partial charge in [0.1, 0.15) is 0 Å². The Morgan fingerprint density at radius 1 is 1.21 bits per heavy atom. The summed E-state index contributed by atoms with van der Waals surface area (Å²) in [5.74, 6) is 3.64. The molecule has 2 bridgehead atoms. The Bertz CT molecular complexity index is 251. The van der Waals surface area contributed by atoms with E-state index >= 15 is 0 Å². The molecule has 3 unspecified atom stereocenters. The summed E-state index contributed by atoms with van der Waals surface area (Å²) in [5.41, 5.74) is 0. The van der Waals surface area contributed by atoms with Gasteiger partial charge in [-0.1, -0.05) is 13.8 Å². The molecular weight excluding hydrogens is 176 g/mol. The lowest BCUT2D eigenvalue weighted by atomic mass is 9.80. The third kappa shape index (κ3) is 0.989. The smallest absolute Gasteiger partial charge is 0.168 e. The topological polar surface area (TPSA) is 18.5 Å². The molecule has 1 aliphatic carbocycles. The third-order valence-electron chi connectivity index (χ3n) is 4.70. The number of ether oxygens (including phenoxy) is 2. The lowest BCUT2D eigenvalue weighted by Crippen LogP contribution is -2.40. The number of hydrogen-bond acceptors (Lipinski definition) is 2. The maximum atomic E-state index is 5.90. The molecule has 3 aliphatic rings. The van der Waals surface area contributed by atoms with Crippen LogP contribution < -0.4 is 0 Å². The summed E-state index contributed by atoms with van der Waals surface area (Å²) in [6.45, 7) is 8.69. The van der Waals surface area contributed by atoms with E-state index in [1.807, 2.05) is 0 Å². The first-order valence-electron chi connectivity index (χ1n) is 5.90. The molecule has 0 amide bonds. The molecule has 14 heavy (non-hydrogen) atoms. The van der Waals surface area contributed by atoms with Crippen LogP contribution in [0.1, 0.15) is 27.2 Å². The van der Waals surface area contributed by atoms with E-state index in [0.717, 1.165) is 36.9 Å². The van der Waals surface area contributed by atoms with Gasteiger partial charge >= 0.3 is 0 Å². The highest BCUT2D eigenvalue weighted by Gasteiger charge is 2.60. The Hall–Kier alpha value is -0.0800. The summed E-state index contributed by atoms with van der Waals surface area (Å²) < 4.78 is 11.8. The van der Waals surface area contributed by atoms with Crippen molar-refractivity contribution < 1.29 is 9.47 Å². The quantitative estimate of drug-likeness (QED) is 0.640. The van der Waals surface area contributed by atoms with Crippen LogP contribution >= 0.6 is 0 Å². The van der Waals surface area contributed by atoms with Crippen molar-refractivity contribution in [1.29, 1.82) is 0 Å². The fourth-order valence-corrected chi connectivity index (χ4v) is 4.11. The molecule has 0 aromatic heterocycles. The van der Waals surface area contributed by atoms with Crippen LogP contribution in [0.2, 0.25) is 0 Å². The summed E-state index contributed by atoms with van der Waals surface area (Å²) in [4.78, 5) is 0. The first-order chi connectivity index (χ1) is 6.62. The second-order valence-corrected chi connectivity index (χ2v) is 5.73. The summed E-state index contributed by atoms with van der Waals surface area (Å²) in [7, 11) is 0. The van der Waals surface area contributed by atoms with Crippen LogP contribution in [-0.2, 0) is 9.47 Å². The molecular formula is C12H20O2. The van der Waals surface area contributed by atoms with Crippen LogP contribution in [0.3, 0.4) is 0 Å². The van der Waals surface area contributed by atoms with Crippen LogP contribution in [0.15, 0.2) is 0 Å². The van der Waals surface area contributed by atoms with Gasteiger partial charge in [-0.2, -0.15) is 0 Å². The van der Waals surface area contributed by atoms with Crippen molar-refractivity contribution in [3.63, 3.8) is 0 Å². The van der Waals surface area contributed by atoms with Gasteiger partial charge < -0.3 is 9.47 Å². The molecule has 80 valence electrons. The largest absolute Gasteiger partial charge is 0.350 e. The Morgan fingerprint density at radius 3 is 2.64 bits per heavy atom. The fourth-order valence-electron chi connectivity index (χ4n) is 4.11.